The van der Waals surface area contributed by atoms with Crippen LogP contribution in [0.3, 0.4) is 0 Å². The first-order valence-electron chi connectivity index (χ1n) is 8.06. The number of benzene rings is 1. The molecule has 23 heavy (non-hydrogen) atoms. The topological polar surface area (TPSA) is 44.4 Å². The molecule has 2 aliphatic heterocycles. The van der Waals surface area contributed by atoms with Crippen LogP contribution in [0.4, 0.5) is 5.69 Å². The molecule has 0 aromatic heterocycles. The molecular weight excluding hydrogens is 333 g/mol. The predicted molar refractivity (Wildman–Crippen MR) is 100 cm³/mol. The van der Waals surface area contributed by atoms with Crippen molar-refractivity contribution in [2.45, 2.75) is 32.2 Å². The van der Waals surface area contributed by atoms with Gasteiger partial charge in [-0.25, -0.2) is 0 Å². The maximum Gasteiger partial charge on any atom is 0.221 e. The molecule has 2 heterocycles. The second-order valence-electron chi connectivity index (χ2n) is 6.29. The lowest BCUT2D eigenvalue weighted by Gasteiger charge is -2.37. The van der Waals surface area contributed by atoms with Gasteiger partial charge in [0, 0.05) is 50.2 Å². The highest BCUT2D eigenvalue weighted by atomic mass is 35.5. The first-order chi connectivity index (χ1) is 10.2. The van der Waals surface area contributed by atoms with Crippen LogP contribution in [0.15, 0.2) is 24.3 Å². The van der Waals surface area contributed by atoms with E-state index in [9.17, 15) is 4.79 Å². The van der Waals surface area contributed by atoms with E-state index in [0.717, 1.165) is 32.6 Å². The molecular formula is C17H27Cl2N3O. The number of nitrogens with zero attached hydrogens (tertiary/aromatic N) is 1. The van der Waals surface area contributed by atoms with Gasteiger partial charge in [-0.15, -0.1) is 24.8 Å². The molecule has 1 atom stereocenters. The fourth-order valence-corrected chi connectivity index (χ4v) is 3.16. The standard InChI is InChI=1S/C17H25N3O.2ClH/c1-13-6-7-15-4-2-3-5-16(15)20(13)9-8-17(21)19-12-14-10-18-11-14;;/h2-5,13-14,18H,6-12H2,1H3,(H,19,21);2*1H. The van der Waals surface area contributed by atoms with Gasteiger partial charge in [-0.1, -0.05) is 18.2 Å². The Morgan fingerprint density at radius 1 is 1.30 bits per heavy atom. The molecule has 0 bridgehead atoms. The molecule has 1 aromatic carbocycles. The van der Waals surface area contributed by atoms with Gasteiger partial charge < -0.3 is 15.5 Å². The zero-order valence-electron chi connectivity index (χ0n) is 13.6. The number of fused-ring (bicyclic) bond motifs is 1. The maximum absolute atomic E-state index is 12.0. The third-order valence-electron chi connectivity index (χ3n) is 4.70. The molecule has 1 unspecified atom stereocenters. The number of carbonyl (C=O) groups excluding carboxylic acids is 1. The zero-order valence-corrected chi connectivity index (χ0v) is 15.2. The first kappa shape index (κ1) is 20.1. The molecule has 0 spiro atoms. The number of anilines is 1. The number of halogens is 2. The van der Waals surface area contributed by atoms with Crippen molar-refractivity contribution in [2.24, 2.45) is 5.92 Å². The number of amides is 1. The van der Waals surface area contributed by atoms with E-state index in [1.807, 2.05) is 0 Å². The fourth-order valence-electron chi connectivity index (χ4n) is 3.16. The number of para-hydroxylation sites is 1. The summed E-state index contributed by atoms with van der Waals surface area (Å²) >= 11 is 0. The van der Waals surface area contributed by atoms with E-state index in [4.69, 9.17) is 0 Å². The summed E-state index contributed by atoms with van der Waals surface area (Å²) in [5, 5.41) is 6.28. The van der Waals surface area contributed by atoms with Crippen LogP contribution in [0.25, 0.3) is 0 Å². The van der Waals surface area contributed by atoms with Gasteiger partial charge in [-0.2, -0.15) is 0 Å². The molecule has 3 rings (SSSR count). The average Bonchev–Trinajstić information content (AvgIpc) is 2.44. The van der Waals surface area contributed by atoms with Crippen molar-refractivity contribution in [1.29, 1.82) is 0 Å². The van der Waals surface area contributed by atoms with Crippen LogP contribution in [0.1, 0.15) is 25.3 Å². The molecule has 6 heteroatoms. The van der Waals surface area contributed by atoms with Crippen LogP contribution < -0.4 is 15.5 Å². The smallest absolute Gasteiger partial charge is 0.221 e. The molecule has 1 aromatic rings. The summed E-state index contributed by atoms with van der Waals surface area (Å²) in [6, 6.07) is 9.10. The number of hydrogen-bond acceptors (Lipinski definition) is 3. The number of hydrogen-bond donors (Lipinski definition) is 2. The van der Waals surface area contributed by atoms with E-state index >= 15 is 0 Å². The Bertz CT molecular complexity index is 508. The van der Waals surface area contributed by atoms with Gasteiger partial charge in [-0.3, -0.25) is 4.79 Å². The minimum atomic E-state index is 0. The molecule has 2 aliphatic rings. The lowest BCUT2D eigenvalue weighted by atomic mass is 9.96. The van der Waals surface area contributed by atoms with E-state index < -0.39 is 0 Å². The van der Waals surface area contributed by atoms with Crippen LogP contribution in [0.5, 0.6) is 0 Å². The second kappa shape index (κ2) is 9.36. The maximum atomic E-state index is 12.0. The second-order valence-corrected chi connectivity index (χ2v) is 6.29. The highest BCUT2D eigenvalue weighted by molar-refractivity contribution is 5.85. The van der Waals surface area contributed by atoms with E-state index in [1.54, 1.807) is 0 Å². The molecule has 1 saturated heterocycles. The number of nitrogens with one attached hydrogen (secondary N) is 2. The minimum absolute atomic E-state index is 0. The third-order valence-corrected chi connectivity index (χ3v) is 4.70. The van der Waals surface area contributed by atoms with Crippen LogP contribution in [-0.2, 0) is 11.2 Å². The summed E-state index contributed by atoms with van der Waals surface area (Å²) < 4.78 is 0. The van der Waals surface area contributed by atoms with Crippen molar-refractivity contribution in [2.75, 3.05) is 31.1 Å². The molecule has 1 fully saturated rings. The molecule has 1 amide bonds. The van der Waals surface area contributed by atoms with E-state index in [2.05, 4.69) is 46.7 Å². The van der Waals surface area contributed by atoms with Crippen molar-refractivity contribution < 1.29 is 4.79 Å². The van der Waals surface area contributed by atoms with Crippen LogP contribution in [0, 0.1) is 5.92 Å². The SMILES string of the molecule is CC1CCc2ccccc2N1CCC(=O)NCC1CNC1.Cl.Cl. The van der Waals surface area contributed by atoms with Crippen molar-refractivity contribution in [3.05, 3.63) is 29.8 Å². The zero-order chi connectivity index (χ0) is 14.7. The van der Waals surface area contributed by atoms with Gasteiger partial charge in [0.15, 0.2) is 0 Å². The Morgan fingerprint density at radius 3 is 2.74 bits per heavy atom. The van der Waals surface area contributed by atoms with E-state index in [-0.39, 0.29) is 30.7 Å². The first-order valence-corrected chi connectivity index (χ1v) is 8.06. The van der Waals surface area contributed by atoms with Gasteiger partial charge in [0.2, 0.25) is 5.91 Å². The summed E-state index contributed by atoms with van der Waals surface area (Å²) in [7, 11) is 0. The number of carbonyl (C=O) groups is 1. The van der Waals surface area contributed by atoms with Crippen molar-refractivity contribution in [3.63, 3.8) is 0 Å². The lowest BCUT2D eigenvalue weighted by Crippen LogP contribution is -2.48. The summed E-state index contributed by atoms with van der Waals surface area (Å²) in [6.07, 6.45) is 2.90. The predicted octanol–water partition coefficient (Wildman–Crippen LogP) is 2.40. The Balaban J connectivity index is 0.00000132. The summed E-state index contributed by atoms with van der Waals surface area (Å²) in [5.41, 5.74) is 2.73. The van der Waals surface area contributed by atoms with E-state index in [0.29, 0.717) is 18.4 Å². The molecule has 0 radical (unpaired) electrons. The van der Waals surface area contributed by atoms with Crippen LogP contribution >= 0.6 is 24.8 Å². The van der Waals surface area contributed by atoms with Crippen molar-refractivity contribution in [3.8, 4) is 0 Å². The normalized spacial score (nSPS) is 19.7. The van der Waals surface area contributed by atoms with Gasteiger partial charge in [-0.05, 0) is 31.4 Å². The summed E-state index contributed by atoms with van der Waals surface area (Å²) in [6.45, 7) is 5.96. The molecule has 0 aliphatic carbocycles. The lowest BCUT2D eigenvalue weighted by molar-refractivity contribution is -0.121. The summed E-state index contributed by atoms with van der Waals surface area (Å²) in [5.74, 6) is 0.806. The van der Waals surface area contributed by atoms with E-state index in [1.165, 1.54) is 17.7 Å². The third kappa shape index (κ3) is 5.00. The molecule has 130 valence electrons. The molecule has 4 nitrogen and oxygen atoms in total. The van der Waals surface area contributed by atoms with Gasteiger partial charge in [0.05, 0.1) is 0 Å². The monoisotopic (exact) mass is 359 g/mol. The van der Waals surface area contributed by atoms with Gasteiger partial charge in [0.1, 0.15) is 0 Å². The largest absolute Gasteiger partial charge is 0.368 e. The van der Waals surface area contributed by atoms with Crippen LogP contribution in [0.2, 0.25) is 0 Å². The van der Waals surface area contributed by atoms with Crippen molar-refractivity contribution >= 4 is 36.4 Å². The fraction of sp³-hybridized carbons (Fsp3) is 0.588. The van der Waals surface area contributed by atoms with Gasteiger partial charge >= 0.3 is 0 Å². The average molecular weight is 360 g/mol. The molecule has 2 N–H and O–H groups in total. The quantitative estimate of drug-likeness (QED) is 0.848. The Morgan fingerprint density at radius 2 is 2.04 bits per heavy atom. The van der Waals surface area contributed by atoms with Gasteiger partial charge in [0.25, 0.3) is 0 Å². The molecule has 0 saturated carbocycles. The minimum Gasteiger partial charge on any atom is -0.368 e. The number of rotatable bonds is 5. The highest BCUT2D eigenvalue weighted by Gasteiger charge is 2.23. The summed E-state index contributed by atoms with van der Waals surface area (Å²) in [4.78, 5) is 14.4. The van der Waals surface area contributed by atoms with Crippen LogP contribution in [-0.4, -0.2) is 38.1 Å². The Kier molecular flexibility index (Phi) is 8.17. The highest BCUT2D eigenvalue weighted by Crippen LogP contribution is 2.30. The number of aryl methyl sites for hydroxylation is 1. The Labute approximate surface area is 151 Å². The van der Waals surface area contributed by atoms with Crippen molar-refractivity contribution in [1.82, 2.24) is 10.6 Å². The Hall–Kier alpha value is -0.970.